The number of aromatic nitrogens is 4. The van der Waals surface area contributed by atoms with E-state index in [-0.39, 0.29) is 24.0 Å². The highest BCUT2D eigenvalue weighted by molar-refractivity contribution is 5.98. The van der Waals surface area contributed by atoms with Gasteiger partial charge in [0.2, 0.25) is 0 Å². The van der Waals surface area contributed by atoms with Crippen LogP contribution < -0.4 is 29.9 Å². The number of ether oxygens (including phenoxy) is 2. The molecular formula is C42H48N8O6. The quantitative estimate of drug-likeness (QED) is 0.222. The molecule has 8 heterocycles. The molecule has 4 aromatic rings. The maximum Gasteiger partial charge on any atom is 0.253 e. The Morgan fingerprint density at radius 1 is 0.625 bits per heavy atom. The fourth-order valence-corrected chi connectivity index (χ4v) is 8.84. The minimum atomic E-state index is -0.430. The Labute approximate surface area is 325 Å². The van der Waals surface area contributed by atoms with Crippen LogP contribution in [0.25, 0.3) is 0 Å². The number of piperidine rings is 2. The van der Waals surface area contributed by atoms with Crippen molar-refractivity contribution in [1.29, 1.82) is 0 Å². The predicted octanol–water partition coefficient (Wildman–Crippen LogP) is 4.11. The molecule has 0 aromatic carbocycles. The molecule has 2 atom stereocenters. The van der Waals surface area contributed by atoms with Gasteiger partial charge in [-0.3, -0.25) is 19.6 Å². The van der Waals surface area contributed by atoms with E-state index in [0.29, 0.717) is 24.2 Å². The van der Waals surface area contributed by atoms with Crippen LogP contribution in [0, 0.1) is 13.8 Å². The van der Waals surface area contributed by atoms with Gasteiger partial charge in [0.1, 0.15) is 35.3 Å². The first-order chi connectivity index (χ1) is 27.2. The second-order valence-corrected chi connectivity index (χ2v) is 15.8. The number of aliphatic hydroxyl groups excluding tert-OH is 2. The highest BCUT2D eigenvalue weighted by atomic mass is 16.5. The number of rotatable bonds is 6. The summed E-state index contributed by atoms with van der Waals surface area (Å²) in [6.07, 6.45) is 9.78. The van der Waals surface area contributed by atoms with Gasteiger partial charge < -0.3 is 40.1 Å². The molecular weight excluding hydrogens is 713 g/mol. The van der Waals surface area contributed by atoms with E-state index in [1.165, 1.54) is 0 Å². The van der Waals surface area contributed by atoms with Crippen molar-refractivity contribution in [2.45, 2.75) is 103 Å². The number of amides is 2. The van der Waals surface area contributed by atoms with Crippen molar-refractivity contribution in [2.75, 3.05) is 36.0 Å². The molecule has 0 radical (unpaired) electrons. The molecule has 4 aliphatic heterocycles. The summed E-state index contributed by atoms with van der Waals surface area (Å²) in [5, 5.41) is 25.4. The number of aliphatic hydroxyl groups is 2. The van der Waals surface area contributed by atoms with Crippen LogP contribution in [-0.2, 0) is 25.9 Å². The van der Waals surface area contributed by atoms with Gasteiger partial charge in [0.15, 0.2) is 0 Å². The lowest BCUT2D eigenvalue weighted by atomic mass is 10.1. The number of fused-ring (bicyclic) bond motifs is 4. The number of hydrogen-bond donors (Lipinski definition) is 4. The largest absolute Gasteiger partial charge is 0.489 e. The second-order valence-electron chi connectivity index (χ2n) is 15.8. The van der Waals surface area contributed by atoms with Gasteiger partial charge in [0.05, 0.1) is 71.6 Å². The number of carbonyl (C=O) groups is 2. The van der Waals surface area contributed by atoms with Crippen LogP contribution in [0.15, 0.2) is 36.7 Å². The smallest absolute Gasteiger partial charge is 0.253 e. The van der Waals surface area contributed by atoms with Gasteiger partial charge in [-0.15, -0.1) is 0 Å². The van der Waals surface area contributed by atoms with Crippen LogP contribution in [0.5, 0.6) is 11.5 Å². The third-order valence-electron chi connectivity index (χ3n) is 11.9. The van der Waals surface area contributed by atoms with E-state index in [1.807, 2.05) is 38.1 Å². The summed E-state index contributed by atoms with van der Waals surface area (Å²) in [6, 6.07) is 7.96. The maximum atomic E-state index is 11.8. The van der Waals surface area contributed by atoms with Crippen molar-refractivity contribution in [3.63, 3.8) is 0 Å². The minimum Gasteiger partial charge on any atom is -0.489 e. The average Bonchev–Trinajstić information content (AvgIpc) is 3.97. The lowest BCUT2D eigenvalue weighted by molar-refractivity contribution is 0.0957. The van der Waals surface area contributed by atoms with Gasteiger partial charge in [0.25, 0.3) is 11.8 Å². The van der Waals surface area contributed by atoms with Crippen LogP contribution in [0.3, 0.4) is 0 Å². The molecule has 2 saturated heterocycles. The van der Waals surface area contributed by atoms with Crippen molar-refractivity contribution >= 4 is 23.5 Å². The number of aryl methyl sites for hydroxylation is 4. The Morgan fingerprint density at radius 3 is 1.45 bits per heavy atom. The standard InChI is InChI=1S/2C21H24N4O3/c2*1-12-8-16-17(11-23-21(16)27)24-20(12)25-6-4-14(5-7-25)28-15-9-13-2-3-18(26)19(13)22-10-15/h2*8-10,14,18,26H,2-7,11H2,1H3,(H,23,27)/t2*18-/m10/s1. The number of anilines is 2. The highest BCUT2D eigenvalue weighted by Crippen LogP contribution is 2.34. The van der Waals surface area contributed by atoms with Gasteiger partial charge in [0, 0.05) is 51.9 Å². The van der Waals surface area contributed by atoms with Crippen molar-refractivity contribution in [3.05, 3.63) is 92.8 Å². The summed E-state index contributed by atoms with van der Waals surface area (Å²) in [7, 11) is 0. The second kappa shape index (κ2) is 15.0. The van der Waals surface area contributed by atoms with Crippen LogP contribution in [0.1, 0.15) is 116 Å². The van der Waals surface area contributed by atoms with E-state index in [4.69, 9.17) is 19.4 Å². The molecule has 292 valence electrons. The van der Waals surface area contributed by atoms with Crippen LogP contribution in [-0.4, -0.2) is 80.4 Å². The Hall–Kier alpha value is -5.34. The van der Waals surface area contributed by atoms with Crippen molar-refractivity contribution in [3.8, 4) is 11.5 Å². The van der Waals surface area contributed by atoms with Crippen LogP contribution >= 0.6 is 0 Å². The van der Waals surface area contributed by atoms with Gasteiger partial charge in [-0.25, -0.2) is 9.97 Å². The number of pyridine rings is 4. The molecule has 4 N–H and O–H groups in total. The lowest BCUT2D eigenvalue weighted by Gasteiger charge is -2.34. The van der Waals surface area contributed by atoms with Crippen molar-refractivity contribution in [1.82, 2.24) is 30.6 Å². The first-order valence-corrected chi connectivity index (χ1v) is 19.9. The Morgan fingerprint density at radius 2 is 1.04 bits per heavy atom. The molecule has 14 nitrogen and oxygen atoms in total. The van der Waals surface area contributed by atoms with E-state index in [1.54, 1.807) is 12.4 Å². The fraction of sp³-hybridized carbons (Fsp3) is 0.476. The molecule has 2 aliphatic carbocycles. The van der Waals surface area contributed by atoms with Crippen LogP contribution in [0.4, 0.5) is 11.6 Å². The molecule has 6 aliphatic rings. The zero-order valence-corrected chi connectivity index (χ0v) is 31.9. The zero-order chi connectivity index (χ0) is 38.5. The molecule has 56 heavy (non-hydrogen) atoms. The van der Waals surface area contributed by atoms with Gasteiger partial charge in [-0.05, 0) is 86.1 Å². The summed E-state index contributed by atoms with van der Waals surface area (Å²) < 4.78 is 12.3. The highest BCUT2D eigenvalue weighted by Gasteiger charge is 2.30. The van der Waals surface area contributed by atoms with E-state index >= 15 is 0 Å². The third-order valence-corrected chi connectivity index (χ3v) is 11.9. The third kappa shape index (κ3) is 7.11. The molecule has 2 fully saturated rings. The zero-order valence-electron chi connectivity index (χ0n) is 31.9. The molecule has 4 aromatic heterocycles. The lowest BCUT2D eigenvalue weighted by Crippen LogP contribution is -2.39. The predicted molar refractivity (Wildman–Crippen MR) is 207 cm³/mol. The molecule has 0 unspecified atom stereocenters. The first-order valence-electron chi connectivity index (χ1n) is 19.9. The normalized spacial score (nSPS) is 21.4. The number of nitrogens with one attached hydrogen (secondary N) is 2. The molecule has 0 spiro atoms. The Bertz CT molecular complexity index is 2030. The molecule has 14 heteroatoms. The van der Waals surface area contributed by atoms with E-state index in [9.17, 15) is 19.8 Å². The average molecular weight is 761 g/mol. The van der Waals surface area contributed by atoms with E-state index in [0.717, 1.165) is 146 Å². The topological polar surface area (TPSA) is 175 Å². The van der Waals surface area contributed by atoms with Crippen molar-refractivity contribution < 1.29 is 29.3 Å². The van der Waals surface area contributed by atoms with E-state index in [2.05, 4.69) is 30.4 Å². The van der Waals surface area contributed by atoms with Gasteiger partial charge >= 0.3 is 0 Å². The molecule has 10 rings (SSSR count). The minimum absolute atomic E-state index is 0.0280. The Kier molecular flexibility index (Phi) is 9.70. The summed E-state index contributed by atoms with van der Waals surface area (Å²) in [5.41, 5.74) is 8.97. The number of nitrogens with zero attached hydrogens (tertiary/aromatic N) is 6. The van der Waals surface area contributed by atoms with Crippen LogP contribution in [0.2, 0.25) is 0 Å². The first kappa shape index (κ1) is 36.3. The SMILES string of the molecule is Cc1cc2c(nc1N1CCC(Oc3cnc4c(c3)CC[C@@H]4O)CC1)CNC2=O.Cc1cc2c(nc1N1CCC(Oc3cnc4c(c3)CC[C@H]4O)CC1)CNC2=O. The summed E-state index contributed by atoms with van der Waals surface area (Å²) in [4.78, 5) is 46.5. The van der Waals surface area contributed by atoms with Crippen molar-refractivity contribution in [2.24, 2.45) is 0 Å². The Balaban J connectivity index is 0.000000146. The summed E-state index contributed by atoms with van der Waals surface area (Å²) in [6.45, 7) is 8.54. The summed E-state index contributed by atoms with van der Waals surface area (Å²) in [5.74, 6) is 3.48. The van der Waals surface area contributed by atoms with Gasteiger partial charge in [-0.1, -0.05) is 0 Å². The van der Waals surface area contributed by atoms with E-state index < -0.39 is 12.2 Å². The summed E-state index contributed by atoms with van der Waals surface area (Å²) >= 11 is 0. The molecule has 0 bridgehead atoms. The molecule has 0 saturated carbocycles. The molecule has 2 amide bonds. The van der Waals surface area contributed by atoms with Gasteiger partial charge in [-0.2, -0.15) is 0 Å². The maximum absolute atomic E-state index is 11.8. The monoisotopic (exact) mass is 760 g/mol. The number of hydrogen-bond acceptors (Lipinski definition) is 12. The number of carbonyl (C=O) groups excluding carboxylic acids is 2. The fourth-order valence-electron chi connectivity index (χ4n) is 8.84.